The number of hydrogen-bond donors (Lipinski definition) is 1. The maximum Gasteiger partial charge on any atom is 0.214 e. The Morgan fingerprint density at radius 2 is 1.71 bits per heavy atom. The van der Waals surface area contributed by atoms with Gasteiger partial charge < -0.3 is 10.1 Å². The fourth-order valence-corrected chi connectivity index (χ4v) is 1.92. The largest absolute Gasteiger partial charge is 0.472 e. The fraction of sp³-hybridized carbons (Fsp3) is 0.722. The lowest BCUT2D eigenvalue weighted by Gasteiger charge is -2.24. The summed E-state index contributed by atoms with van der Waals surface area (Å²) in [5.74, 6) is 1.37. The van der Waals surface area contributed by atoms with Crippen molar-refractivity contribution in [1.29, 1.82) is 0 Å². The third-order valence-corrected chi connectivity index (χ3v) is 2.92. The molecule has 1 rings (SSSR count). The summed E-state index contributed by atoms with van der Waals surface area (Å²) in [5.41, 5.74) is 2.09. The number of aromatic nitrogens is 1. The molecule has 1 aromatic rings. The van der Waals surface area contributed by atoms with Crippen molar-refractivity contribution in [3.05, 3.63) is 23.4 Å². The molecule has 1 N–H and O–H groups in total. The highest BCUT2D eigenvalue weighted by Crippen LogP contribution is 2.26. The maximum atomic E-state index is 5.97. The molecule has 0 aliphatic heterocycles. The van der Waals surface area contributed by atoms with Gasteiger partial charge in [0.1, 0.15) is 5.60 Å². The van der Waals surface area contributed by atoms with Crippen LogP contribution in [0.1, 0.15) is 66.6 Å². The van der Waals surface area contributed by atoms with E-state index in [2.05, 4.69) is 71.8 Å². The standard InChI is InChI=1S/C18H32N2O/c1-13(2)11-19-12-14-9-15(17(3,4)5)20-16(10-14)21-18(6,7)8/h9-10,13,19H,11-12H2,1-8H3. The molecule has 0 spiro atoms. The van der Waals surface area contributed by atoms with Crippen LogP contribution in [0, 0.1) is 5.92 Å². The van der Waals surface area contributed by atoms with E-state index in [0.29, 0.717) is 5.92 Å². The van der Waals surface area contributed by atoms with Crippen LogP contribution in [0.25, 0.3) is 0 Å². The summed E-state index contributed by atoms with van der Waals surface area (Å²) in [7, 11) is 0. The molecule has 0 amide bonds. The second-order valence-electron chi connectivity index (χ2n) is 8.19. The van der Waals surface area contributed by atoms with Crippen molar-refractivity contribution in [1.82, 2.24) is 10.3 Å². The maximum absolute atomic E-state index is 5.97. The van der Waals surface area contributed by atoms with Crippen molar-refractivity contribution in [3.8, 4) is 5.88 Å². The van der Waals surface area contributed by atoms with Crippen LogP contribution in [-0.4, -0.2) is 17.1 Å². The smallest absolute Gasteiger partial charge is 0.214 e. The molecule has 3 heteroatoms. The summed E-state index contributed by atoms with van der Waals surface area (Å²) in [6, 6.07) is 4.23. The predicted octanol–water partition coefficient (Wildman–Crippen LogP) is 4.30. The van der Waals surface area contributed by atoms with Gasteiger partial charge in [0, 0.05) is 18.0 Å². The van der Waals surface area contributed by atoms with Crippen molar-refractivity contribution in [3.63, 3.8) is 0 Å². The topological polar surface area (TPSA) is 34.1 Å². The van der Waals surface area contributed by atoms with Crippen LogP contribution in [0.3, 0.4) is 0 Å². The molecule has 0 radical (unpaired) electrons. The van der Waals surface area contributed by atoms with Gasteiger partial charge in [-0.1, -0.05) is 34.6 Å². The molecule has 1 heterocycles. The molecule has 21 heavy (non-hydrogen) atoms. The van der Waals surface area contributed by atoms with Crippen LogP contribution in [0.5, 0.6) is 5.88 Å². The third-order valence-electron chi connectivity index (χ3n) is 2.92. The monoisotopic (exact) mass is 292 g/mol. The normalized spacial score (nSPS) is 12.8. The van der Waals surface area contributed by atoms with Crippen LogP contribution in [0.2, 0.25) is 0 Å². The first-order valence-electron chi connectivity index (χ1n) is 7.88. The van der Waals surface area contributed by atoms with Gasteiger partial charge in [0.25, 0.3) is 0 Å². The molecule has 3 nitrogen and oxygen atoms in total. The van der Waals surface area contributed by atoms with Crippen LogP contribution in [0.4, 0.5) is 0 Å². The lowest BCUT2D eigenvalue weighted by atomic mass is 9.91. The Morgan fingerprint density at radius 1 is 1.10 bits per heavy atom. The number of rotatable bonds is 5. The van der Waals surface area contributed by atoms with Crippen molar-refractivity contribution < 1.29 is 4.74 Å². The molecule has 0 fully saturated rings. The van der Waals surface area contributed by atoms with E-state index < -0.39 is 0 Å². The van der Waals surface area contributed by atoms with E-state index in [1.165, 1.54) is 5.56 Å². The Balaban J connectivity index is 2.98. The van der Waals surface area contributed by atoms with Gasteiger partial charge in [0.15, 0.2) is 0 Å². The highest BCUT2D eigenvalue weighted by Gasteiger charge is 2.20. The Hall–Kier alpha value is -1.09. The van der Waals surface area contributed by atoms with Gasteiger partial charge in [0.2, 0.25) is 5.88 Å². The number of nitrogens with zero attached hydrogens (tertiary/aromatic N) is 1. The van der Waals surface area contributed by atoms with Gasteiger partial charge in [-0.15, -0.1) is 0 Å². The van der Waals surface area contributed by atoms with Gasteiger partial charge in [0.05, 0.1) is 5.69 Å². The molecule has 0 aromatic carbocycles. The fourth-order valence-electron chi connectivity index (χ4n) is 1.92. The minimum absolute atomic E-state index is 0.0179. The van der Waals surface area contributed by atoms with Crippen LogP contribution >= 0.6 is 0 Å². The zero-order valence-corrected chi connectivity index (χ0v) is 15.0. The van der Waals surface area contributed by atoms with Gasteiger partial charge in [-0.25, -0.2) is 4.98 Å². The third kappa shape index (κ3) is 6.94. The number of nitrogens with one attached hydrogen (secondary N) is 1. The molecule has 1 aromatic heterocycles. The van der Waals surface area contributed by atoms with E-state index in [1.807, 2.05) is 6.07 Å². The molecule has 0 atom stereocenters. The Labute approximate surface area is 130 Å². The lowest BCUT2D eigenvalue weighted by Crippen LogP contribution is -2.25. The predicted molar refractivity (Wildman–Crippen MR) is 89.9 cm³/mol. The van der Waals surface area contributed by atoms with E-state index in [4.69, 9.17) is 4.74 Å². The molecule has 0 saturated carbocycles. The van der Waals surface area contributed by atoms with Gasteiger partial charge in [-0.05, 0) is 44.9 Å². The number of hydrogen-bond acceptors (Lipinski definition) is 3. The van der Waals surface area contributed by atoms with Crippen molar-refractivity contribution in [2.75, 3.05) is 6.54 Å². The first kappa shape index (κ1) is 18.0. The summed E-state index contributed by atoms with van der Waals surface area (Å²) in [5, 5.41) is 3.49. The minimum Gasteiger partial charge on any atom is -0.472 e. The summed E-state index contributed by atoms with van der Waals surface area (Å²) in [6.45, 7) is 19.0. The number of ether oxygens (including phenoxy) is 1. The van der Waals surface area contributed by atoms with Crippen LogP contribution < -0.4 is 10.1 Å². The summed E-state index contributed by atoms with van der Waals surface area (Å²) < 4.78 is 5.97. The Bertz CT molecular complexity index is 453. The quantitative estimate of drug-likeness (QED) is 0.878. The van der Waals surface area contributed by atoms with Crippen molar-refractivity contribution >= 4 is 0 Å². The molecular formula is C18H32N2O. The van der Waals surface area contributed by atoms with Gasteiger partial charge >= 0.3 is 0 Å². The van der Waals surface area contributed by atoms with Gasteiger partial charge in [-0.3, -0.25) is 0 Å². The Morgan fingerprint density at radius 3 is 2.19 bits per heavy atom. The average molecular weight is 292 g/mol. The molecule has 120 valence electrons. The van der Waals surface area contributed by atoms with E-state index in [1.54, 1.807) is 0 Å². The summed E-state index contributed by atoms with van der Waals surface area (Å²) in [4.78, 5) is 4.68. The highest BCUT2D eigenvalue weighted by molar-refractivity contribution is 5.29. The first-order valence-corrected chi connectivity index (χ1v) is 7.88. The van der Waals surface area contributed by atoms with E-state index in [0.717, 1.165) is 24.7 Å². The van der Waals surface area contributed by atoms with Crippen molar-refractivity contribution in [2.45, 2.75) is 73.0 Å². The summed E-state index contributed by atoms with van der Waals surface area (Å²) in [6.07, 6.45) is 0. The number of pyridine rings is 1. The van der Waals surface area contributed by atoms with Crippen molar-refractivity contribution in [2.24, 2.45) is 5.92 Å². The van der Waals surface area contributed by atoms with E-state index in [9.17, 15) is 0 Å². The molecular weight excluding hydrogens is 260 g/mol. The lowest BCUT2D eigenvalue weighted by molar-refractivity contribution is 0.123. The second kappa shape index (κ2) is 6.78. The van der Waals surface area contributed by atoms with Gasteiger partial charge in [-0.2, -0.15) is 0 Å². The molecule has 0 bridgehead atoms. The molecule has 0 aliphatic carbocycles. The van der Waals surface area contributed by atoms with Crippen LogP contribution in [-0.2, 0) is 12.0 Å². The molecule has 0 aliphatic rings. The molecule has 0 saturated heterocycles. The highest BCUT2D eigenvalue weighted by atomic mass is 16.5. The minimum atomic E-state index is -0.230. The zero-order valence-electron chi connectivity index (χ0n) is 15.0. The van der Waals surface area contributed by atoms with E-state index in [-0.39, 0.29) is 11.0 Å². The average Bonchev–Trinajstić information content (AvgIpc) is 2.24. The first-order chi connectivity index (χ1) is 9.47. The van der Waals surface area contributed by atoms with Crippen LogP contribution in [0.15, 0.2) is 12.1 Å². The van der Waals surface area contributed by atoms with E-state index >= 15 is 0 Å². The summed E-state index contributed by atoms with van der Waals surface area (Å²) >= 11 is 0. The zero-order chi connectivity index (χ0) is 16.3. The molecule has 0 unspecified atom stereocenters. The second-order valence-corrected chi connectivity index (χ2v) is 8.19. The Kier molecular flexibility index (Phi) is 5.80. The SMILES string of the molecule is CC(C)CNCc1cc(OC(C)(C)C)nc(C(C)(C)C)c1.